The number of carbonyl (C=O) groups excluding carboxylic acids is 4. The van der Waals surface area contributed by atoms with Gasteiger partial charge in [0.15, 0.2) is 0 Å². The van der Waals surface area contributed by atoms with E-state index in [0.717, 1.165) is 30.6 Å². The Labute approximate surface area is 163 Å². The molecule has 2 fully saturated rings. The third-order valence-electron chi connectivity index (χ3n) is 5.14. The highest BCUT2D eigenvalue weighted by Crippen LogP contribution is 2.34. The van der Waals surface area contributed by atoms with Gasteiger partial charge in [0.1, 0.15) is 12.1 Å². The number of nitrogens with one attached hydrogen (secondary N) is 2. The molecule has 1 spiro atoms. The molecule has 1 heterocycles. The lowest BCUT2D eigenvalue weighted by Crippen LogP contribution is -2.44. The SMILES string of the molecule is CCCCOC(=O)c1ccc(NC(=O)CN2C(=O)NC3(CCCC3)C2=O)cc1. The Kier molecular flexibility index (Phi) is 5.96. The van der Waals surface area contributed by atoms with Gasteiger partial charge in [-0.3, -0.25) is 14.5 Å². The molecule has 1 aliphatic carbocycles. The summed E-state index contributed by atoms with van der Waals surface area (Å²) in [4.78, 5) is 49.8. The van der Waals surface area contributed by atoms with E-state index in [1.165, 1.54) is 0 Å². The van der Waals surface area contributed by atoms with Crippen LogP contribution in [0.25, 0.3) is 0 Å². The number of anilines is 1. The molecule has 3 rings (SSSR count). The van der Waals surface area contributed by atoms with Gasteiger partial charge in [-0.1, -0.05) is 26.2 Å². The Morgan fingerprint density at radius 1 is 1.18 bits per heavy atom. The predicted octanol–water partition coefficient (Wildman–Crippen LogP) is 2.45. The van der Waals surface area contributed by atoms with Crippen LogP contribution in [-0.2, 0) is 14.3 Å². The minimum atomic E-state index is -0.822. The van der Waals surface area contributed by atoms with E-state index >= 15 is 0 Å². The second-order valence-electron chi connectivity index (χ2n) is 7.23. The van der Waals surface area contributed by atoms with E-state index in [1.54, 1.807) is 24.3 Å². The number of hydrogen-bond donors (Lipinski definition) is 2. The summed E-state index contributed by atoms with van der Waals surface area (Å²) in [6.07, 6.45) is 4.76. The molecule has 1 saturated carbocycles. The summed E-state index contributed by atoms with van der Waals surface area (Å²) < 4.78 is 5.13. The number of rotatable bonds is 7. The Hall–Kier alpha value is -2.90. The first-order valence-corrected chi connectivity index (χ1v) is 9.66. The van der Waals surface area contributed by atoms with Crippen molar-refractivity contribution in [3.8, 4) is 0 Å². The molecule has 0 radical (unpaired) electrons. The zero-order valence-corrected chi connectivity index (χ0v) is 16.0. The Morgan fingerprint density at radius 3 is 2.50 bits per heavy atom. The van der Waals surface area contributed by atoms with Crippen molar-refractivity contribution in [3.63, 3.8) is 0 Å². The van der Waals surface area contributed by atoms with Gasteiger partial charge in [0.25, 0.3) is 5.91 Å². The third-order valence-corrected chi connectivity index (χ3v) is 5.14. The van der Waals surface area contributed by atoms with E-state index in [-0.39, 0.29) is 12.5 Å². The Bertz CT molecular complexity index is 769. The highest BCUT2D eigenvalue weighted by Gasteiger charge is 2.52. The second-order valence-corrected chi connectivity index (χ2v) is 7.23. The predicted molar refractivity (Wildman–Crippen MR) is 102 cm³/mol. The lowest BCUT2D eigenvalue weighted by Gasteiger charge is -2.19. The smallest absolute Gasteiger partial charge is 0.338 e. The fraction of sp³-hybridized carbons (Fsp3) is 0.500. The van der Waals surface area contributed by atoms with Crippen LogP contribution in [0, 0.1) is 0 Å². The molecule has 2 N–H and O–H groups in total. The number of unbranched alkanes of at least 4 members (excludes halogenated alkanes) is 1. The molecule has 1 saturated heterocycles. The summed E-state index contributed by atoms with van der Waals surface area (Å²) in [5.41, 5.74) is 0.0427. The molecule has 8 heteroatoms. The van der Waals surface area contributed by atoms with Crippen molar-refractivity contribution < 1.29 is 23.9 Å². The molecule has 1 aliphatic heterocycles. The van der Waals surface area contributed by atoms with E-state index in [2.05, 4.69) is 10.6 Å². The zero-order chi connectivity index (χ0) is 20.1. The topological polar surface area (TPSA) is 105 Å². The van der Waals surface area contributed by atoms with Gasteiger partial charge in [0, 0.05) is 5.69 Å². The van der Waals surface area contributed by atoms with Gasteiger partial charge in [-0.2, -0.15) is 0 Å². The van der Waals surface area contributed by atoms with E-state index in [9.17, 15) is 19.2 Å². The van der Waals surface area contributed by atoms with E-state index in [4.69, 9.17) is 4.74 Å². The van der Waals surface area contributed by atoms with Crippen molar-refractivity contribution in [1.29, 1.82) is 0 Å². The van der Waals surface area contributed by atoms with Gasteiger partial charge in [-0.15, -0.1) is 0 Å². The zero-order valence-electron chi connectivity index (χ0n) is 16.0. The monoisotopic (exact) mass is 387 g/mol. The largest absolute Gasteiger partial charge is 0.462 e. The maximum Gasteiger partial charge on any atom is 0.338 e. The molecule has 1 aromatic carbocycles. The molecule has 0 aromatic heterocycles. The molecule has 2 aliphatic rings. The Balaban J connectivity index is 1.54. The second kappa shape index (κ2) is 8.41. The Morgan fingerprint density at radius 2 is 1.86 bits per heavy atom. The van der Waals surface area contributed by atoms with Gasteiger partial charge >= 0.3 is 12.0 Å². The normalized spacial score (nSPS) is 17.7. The van der Waals surface area contributed by atoms with Gasteiger partial charge < -0.3 is 15.4 Å². The molecule has 0 unspecified atom stereocenters. The van der Waals surface area contributed by atoms with Crippen molar-refractivity contribution >= 4 is 29.5 Å². The summed E-state index contributed by atoms with van der Waals surface area (Å²) in [5, 5.41) is 5.39. The van der Waals surface area contributed by atoms with Crippen LogP contribution in [0.4, 0.5) is 10.5 Å². The summed E-state index contributed by atoms with van der Waals surface area (Å²) in [6, 6.07) is 5.76. The van der Waals surface area contributed by atoms with Crippen molar-refractivity contribution in [3.05, 3.63) is 29.8 Å². The number of benzene rings is 1. The van der Waals surface area contributed by atoms with Crippen molar-refractivity contribution in [1.82, 2.24) is 10.2 Å². The van der Waals surface area contributed by atoms with E-state index in [1.807, 2.05) is 6.92 Å². The maximum absolute atomic E-state index is 12.6. The molecule has 8 nitrogen and oxygen atoms in total. The van der Waals surface area contributed by atoms with Crippen LogP contribution in [0.1, 0.15) is 55.8 Å². The molecule has 28 heavy (non-hydrogen) atoms. The fourth-order valence-electron chi connectivity index (χ4n) is 3.56. The molecule has 150 valence electrons. The minimum absolute atomic E-state index is 0.324. The van der Waals surface area contributed by atoms with Gasteiger partial charge in [0.05, 0.1) is 12.2 Å². The summed E-state index contributed by atoms with van der Waals surface area (Å²) in [7, 11) is 0. The first-order chi connectivity index (χ1) is 13.4. The average molecular weight is 387 g/mol. The molecule has 4 amide bonds. The van der Waals surface area contributed by atoms with Crippen LogP contribution in [0.2, 0.25) is 0 Å². The number of urea groups is 1. The van der Waals surface area contributed by atoms with Gasteiger partial charge in [-0.05, 0) is 43.5 Å². The van der Waals surface area contributed by atoms with Crippen LogP contribution < -0.4 is 10.6 Å². The number of amides is 4. The average Bonchev–Trinajstić information content (AvgIpc) is 3.23. The van der Waals surface area contributed by atoms with Crippen molar-refractivity contribution in [2.45, 2.75) is 51.0 Å². The first kappa shape index (κ1) is 19.9. The molecule has 0 bridgehead atoms. The lowest BCUT2D eigenvalue weighted by atomic mass is 9.98. The first-order valence-electron chi connectivity index (χ1n) is 9.66. The standard InChI is InChI=1S/C20H25N3O5/c1-2-3-12-28-17(25)14-6-8-15(9-7-14)21-16(24)13-23-18(26)20(22-19(23)27)10-4-5-11-20/h6-9H,2-5,10-13H2,1H3,(H,21,24)(H,22,27). The maximum atomic E-state index is 12.6. The summed E-state index contributed by atoms with van der Waals surface area (Å²) in [6.45, 7) is 2.05. The van der Waals surface area contributed by atoms with Gasteiger partial charge in [-0.25, -0.2) is 9.59 Å². The molecule has 0 atom stereocenters. The van der Waals surface area contributed by atoms with E-state index in [0.29, 0.717) is 30.7 Å². The van der Waals surface area contributed by atoms with Crippen LogP contribution >= 0.6 is 0 Å². The van der Waals surface area contributed by atoms with Crippen LogP contribution in [0.5, 0.6) is 0 Å². The number of imide groups is 1. The summed E-state index contributed by atoms with van der Waals surface area (Å²) in [5.74, 6) is -1.21. The quantitative estimate of drug-likeness (QED) is 0.425. The number of ether oxygens (including phenoxy) is 1. The van der Waals surface area contributed by atoms with Crippen molar-refractivity contribution in [2.75, 3.05) is 18.5 Å². The minimum Gasteiger partial charge on any atom is -0.462 e. The van der Waals surface area contributed by atoms with Crippen LogP contribution in [0.15, 0.2) is 24.3 Å². The number of carbonyl (C=O) groups is 4. The highest BCUT2D eigenvalue weighted by molar-refractivity contribution is 6.10. The highest BCUT2D eigenvalue weighted by atomic mass is 16.5. The van der Waals surface area contributed by atoms with Gasteiger partial charge in [0.2, 0.25) is 5.91 Å². The number of nitrogens with zero attached hydrogens (tertiary/aromatic N) is 1. The van der Waals surface area contributed by atoms with Crippen LogP contribution in [0.3, 0.4) is 0 Å². The molecular formula is C20H25N3O5. The van der Waals surface area contributed by atoms with E-state index < -0.39 is 23.4 Å². The molecule has 1 aromatic rings. The third kappa shape index (κ3) is 4.16. The van der Waals surface area contributed by atoms with Crippen molar-refractivity contribution in [2.24, 2.45) is 0 Å². The molecular weight excluding hydrogens is 362 g/mol. The van der Waals surface area contributed by atoms with Crippen LogP contribution in [-0.4, -0.2) is 47.4 Å². The number of esters is 1. The lowest BCUT2D eigenvalue weighted by molar-refractivity contribution is -0.133. The fourth-order valence-corrected chi connectivity index (χ4v) is 3.56. The summed E-state index contributed by atoms with van der Waals surface area (Å²) >= 11 is 0. The number of hydrogen-bond acceptors (Lipinski definition) is 5.